The molecule has 2 heterocycles. The maximum atomic E-state index is 13.2. The second-order valence-electron chi connectivity index (χ2n) is 5.68. The van der Waals surface area contributed by atoms with Crippen LogP contribution in [0.3, 0.4) is 0 Å². The Morgan fingerprint density at radius 2 is 1.96 bits per heavy atom. The van der Waals surface area contributed by atoms with Gasteiger partial charge in [-0.15, -0.1) is 0 Å². The molecule has 0 bridgehead atoms. The van der Waals surface area contributed by atoms with E-state index in [0.29, 0.717) is 19.4 Å². The Morgan fingerprint density at radius 3 is 2.62 bits per heavy atom. The number of ether oxygens (including phenoxy) is 1. The third kappa shape index (κ3) is 3.88. The lowest BCUT2D eigenvalue weighted by atomic mass is 10.2. The van der Waals surface area contributed by atoms with Crippen LogP contribution in [0.4, 0.5) is 19.4 Å². The summed E-state index contributed by atoms with van der Waals surface area (Å²) in [7, 11) is 0. The fraction of sp³-hybridized carbons (Fsp3) is 0.235. The highest BCUT2D eigenvalue weighted by Gasteiger charge is 2.34. The normalized spacial score (nSPS) is 16.4. The van der Waals surface area contributed by atoms with Gasteiger partial charge in [0, 0.05) is 12.6 Å². The lowest BCUT2D eigenvalue weighted by Gasteiger charge is -2.20. The molecule has 26 heavy (non-hydrogen) atoms. The predicted octanol–water partition coefficient (Wildman–Crippen LogP) is 3.23. The van der Waals surface area contributed by atoms with Gasteiger partial charge in [-0.3, -0.25) is 9.69 Å². The van der Waals surface area contributed by atoms with Crippen LogP contribution in [0.15, 0.2) is 36.5 Å². The quantitative estimate of drug-likeness (QED) is 0.870. The SMILES string of the molecule is O=C(Nc1ccc(Oc2ccc(F)c(F)c2)cn1)[C@H]1CCCN1C(=O)O. The van der Waals surface area contributed by atoms with Gasteiger partial charge in [-0.2, -0.15) is 0 Å². The smallest absolute Gasteiger partial charge is 0.407 e. The van der Waals surface area contributed by atoms with Gasteiger partial charge in [0.1, 0.15) is 23.4 Å². The molecule has 0 aliphatic carbocycles. The summed E-state index contributed by atoms with van der Waals surface area (Å²) >= 11 is 0. The molecule has 9 heteroatoms. The fourth-order valence-electron chi connectivity index (χ4n) is 2.67. The number of carboxylic acid groups (broad SMARTS) is 1. The predicted molar refractivity (Wildman–Crippen MR) is 87.1 cm³/mol. The largest absolute Gasteiger partial charge is 0.465 e. The van der Waals surface area contributed by atoms with Gasteiger partial charge in [0.2, 0.25) is 5.91 Å². The molecule has 1 fully saturated rings. The van der Waals surface area contributed by atoms with E-state index in [1.165, 1.54) is 24.4 Å². The van der Waals surface area contributed by atoms with Crippen molar-refractivity contribution < 1.29 is 28.2 Å². The number of anilines is 1. The molecule has 2 aromatic rings. The summed E-state index contributed by atoms with van der Waals surface area (Å²) in [5.41, 5.74) is 0. The van der Waals surface area contributed by atoms with Crippen molar-refractivity contribution in [1.82, 2.24) is 9.88 Å². The molecule has 1 aromatic carbocycles. The van der Waals surface area contributed by atoms with E-state index in [9.17, 15) is 18.4 Å². The number of halogens is 2. The zero-order valence-electron chi connectivity index (χ0n) is 13.5. The Labute approximate surface area is 147 Å². The summed E-state index contributed by atoms with van der Waals surface area (Å²) in [6.45, 7) is 0.321. The molecule has 3 rings (SSSR count). The summed E-state index contributed by atoms with van der Waals surface area (Å²) in [5.74, 6) is -1.86. The topological polar surface area (TPSA) is 91.8 Å². The number of hydrogen-bond donors (Lipinski definition) is 2. The molecular weight excluding hydrogens is 348 g/mol. The number of pyridine rings is 1. The molecule has 1 aliphatic heterocycles. The van der Waals surface area contributed by atoms with Crippen LogP contribution in [0, 0.1) is 11.6 Å². The van der Waals surface area contributed by atoms with E-state index in [1.54, 1.807) is 0 Å². The van der Waals surface area contributed by atoms with Gasteiger partial charge in [0.05, 0.1) is 6.20 Å². The minimum Gasteiger partial charge on any atom is -0.465 e. The number of hydrogen-bond acceptors (Lipinski definition) is 4. The van der Waals surface area contributed by atoms with Crippen molar-refractivity contribution in [3.63, 3.8) is 0 Å². The van der Waals surface area contributed by atoms with E-state index in [-0.39, 0.29) is 17.3 Å². The van der Waals surface area contributed by atoms with Gasteiger partial charge in [-0.1, -0.05) is 0 Å². The molecular formula is C17H15F2N3O4. The highest BCUT2D eigenvalue weighted by Crippen LogP contribution is 2.24. The number of nitrogens with one attached hydrogen (secondary N) is 1. The van der Waals surface area contributed by atoms with E-state index in [1.807, 2.05) is 0 Å². The van der Waals surface area contributed by atoms with Crippen LogP contribution in [0.25, 0.3) is 0 Å². The van der Waals surface area contributed by atoms with Crippen LogP contribution < -0.4 is 10.1 Å². The molecule has 1 atom stereocenters. The molecule has 2 N–H and O–H groups in total. The standard InChI is InChI=1S/C17H15F2N3O4/c18-12-5-3-10(8-13(12)19)26-11-4-6-15(20-9-11)21-16(23)14-2-1-7-22(14)17(24)25/h3-6,8-9,14H,1-2,7H2,(H,24,25)(H,20,21,23)/t14-/m1/s1. The van der Waals surface area contributed by atoms with Gasteiger partial charge >= 0.3 is 6.09 Å². The van der Waals surface area contributed by atoms with Crippen molar-refractivity contribution >= 4 is 17.8 Å². The van der Waals surface area contributed by atoms with Crippen molar-refractivity contribution in [2.45, 2.75) is 18.9 Å². The van der Waals surface area contributed by atoms with E-state index >= 15 is 0 Å². The number of rotatable bonds is 4. The maximum absolute atomic E-state index is 13.2. The van der Waals surface area contributed by atoms with E-state index < -0.39 is 29.7 Å². The Hall–Kier alpha value is -3.23. The van der Waals surface area contributed by atoms with Gasteiger partial charge in [0.25, 0.3) is 0 Å². The van der Waals surface area contributed by atoms with Gasteiger partial charge < -0.3 is 15.2 Å². The average molecular weight is 363 g/mol. The molecule has 1 aliphatic rings. The number of likely N-dealkylation sites (tertiary alicyclic amines) is 1. The van der Waals surface area contributed by atoms with Crippen molar-refractivity contribution in [3.05, 3.63) is 48.2 Å². The van der Waals surface area contributed by atoms with Gasteiger partial charge in [-0.05, 0) is 37.1 Å². The van der Waals surface area contributed by atoms with Crippen molar-refractivity contribution in [1.29, 1.82) is 0 Å². The van der Waals surface area contributed by atoms with Crippen LogP contribution in [0.1, 0.15) is 12.8 Å². The average Bonchev–Trinajstić information content (AvgIpc) is 3.10. The lowest BCUT2D eigenvalue weighted by Crippen LogP contribution is -2.42. The first-order valence-corrected chi connectivity index (χ1v) is 7.83. The first-order valence-electron chi connectivity index (χ1n) is 7.83. The first kappa shape index (κ1) is 17.6. The second kappa shape index (κ2) is 7.34. The number of aromatic nitrogens is 1. The van der Waals surface area contributed by atoms with E-state index in [0.717, 1.165) is 17.0 Å². The molecule has 2 amide bonds. The first-order chi connectivity index (χ1) is 12.4. The lowest BCUT2D eigenvalue weighted by molar-refractivity contribution is -0.119. The Kier molecular flexibility index (Phi) is 4.97. The molecule has 0 spiro atoms. The van der Waals surface area contributed by atoms with Crippen molar-refractivity contribution in [2.75, 3.05) is 11.9 Å². The summed E-state index contributed by atoms with van der Waals surface area (Å²) in [6.07, 6.45) is 1.25. The number of carbonyl (C=O) groups excluding carboxylic acids is 1. The highest BCUT2D eigenvalue weighted by atomic mass is 19.2. The summed E-state index contributed by atoms with van der Waals surface area (Å²) in [5, 5.41) is 11.6. The Bertz CT molecular complexity index is 829. The van der Waals surface area contributed by atoms with Crippen LogP contribution in [0.5, 0.6) is 11.5 Å². The number of amides is 2. The minimum atomic E-state index is -1.13. The van der Waals surface area contributed by atoms with Crippen LogP contribution in [-0.4, -0.2) is 39.6 Å². The van der Waals surface area contributed by atoms with E-state index in [2.05, 4.69) is 10.3 Å². The highest BCUT2D eigenvalue weighted by molar-refractivity contribution is 5.96. The third-order valence-electron chi connectivity index (χ3n) is 3.92. The number of nitrogens with zero attached hydrogens (tertiary/aromatic N) is 2. The minimum absolute atomic E-state index is 0.102. The molecule has 1 saturated heterocycles. The summed E-state index contributed by atoms with van der Waals surface area (Å²) in [4.78, 5) is 28.4. The number of carbonyl (C=O) groups is 2. The molecule has 0 unspecified atom stereocenters. The monoisotopic (exact) mass is 363 g/mol. The number of benzene rings is 1. The van der Waals surface area contributed by atoms with E-state index in [4.69, 9.17) is 9.84 Å². The molecule has 0 radical (unpaired) electrons. The zero-order valence-corrected chi connectivity index (χ0v) is 13.5. The Balaban J connectivity index is 1.63. The van der Waals surface area contributed by atoms with Crippen molar-refractivity contribution in [3.8, 4) is 11.5 Å². The maximum Gasteiger partial charge on any atom is 0.407 e. The van der Waals surface area contributed by atoms with Crippen LogP contribution >= 0.6 is 0 Å². The molecule has 0 saturated carbocycles. The van der Waals surface area contributed by atoms with Gasteiger partial charge in [-0.25, -0.2) is 18.6 Å². The second-order valence-corrected chi connectivity index (χ2v) is 5.68. The fourth-order valence-corrected chi connectivity index (χ4v) is 2.67. The zero-order chi connectivity index (χ0) is 18.7. The third-order valence-corrected chi connectivity index (χ3v) is 3.92. The van der Waals surface area contributed by atoms with Crippen molar-refractivity contribution in [2.24, 2.45) is 0 Å². The molecule has 1 aromatic heterocycles. The Morgan fingerprint density at radius 1 is 1.19 bits per heavy atom. The van der Waals surface area contributed by atoms with Crippen LogP contribution in [0.2, 0.25) is 0 Å². The summed E-state index contributed by atoms with van der Waals surface area (Å²) < 4.78 is 31.4. The molecule has 7 nitrogen and oxygen atoms in total. The van der Waals surface area contributed by atoms with Crippen LogP contribution in [-0.2, 0) is 4.79 Å². The molecule has 136 valence electrons. The van der Waals surface area contributed by atoms with Gasteiger partial charge in [0.15, 0.2) is 11.6 Å². The summed E-state index contributed by atoms with van der Waals surface area (Å²) in [6, 6.07) is 5.34.